The van der Waals surface area contributed by atoms with Crippen molar-refractivity contribution in [1.82, 2.24) is 5.32 Å². The number of halogens is 2. The number of amides is 1. The lowest BCUT2D eigenvalue weighted by Crippen LogP contribution is -2.50. The first kappa shape index (κ1) is 30.2. The van der Waals surface area contributed by atoms with Crippen LogP contribution in [-0.2, 0) is 32.1 Å². The van der Waals surface area contributed by atoms with E-state index in [1.54, 1.807) is 45.0 Å². The SMILES string of the molecule is COC(=O)[C@H](Cc1ccc(OCc2c(Cl)cccc2Cl)c([N+](=O)[O-])c1)NC(=O)[C@H]1CC[C@@](C)(C(=O)O)C1(C)C. The molecule has 2 aromatic rings. The molecule has 1 amide bonds. The molecule has 1 aliphatic carbocycles. The van der Waals surface area contributed by atoms with E-state index in [1.165, 1.54) is 19.2 Å². The fraction of sp³-hybridized carbons (Fsp3) is 0.444. The largest absolute Gasteiger partial charge is 0.482 e. The predicted molar refractivity (Wildman–Crippen MR) is 144 cm³/mol. The lowest BCUT2D eigenvalue weighted by molar-refractivity contribution is -0.386. The molecule has 210 valence electrons. The summed E-state index contributed by atoms with van der Waals surface area (Å²) in [5, 5.41) is 24.9. The van der Waals surface area contributed by atoms with Gasteiger partial charge < -0.3 is 19.9 Å². The van der Waals surface area contributed by atoms with Crippen molar-refractivity contribution < 1.29 is 33.9 Å². The van der Waals surface area contributed by atoms with Gasteiger partial charge in [0.05, 0.1) is 17.4 Å². The lowest BCUT2D eigenvalue weighted by atomic mass is 9.65. The molecule has 1 saturated carbocycles. The average molecular weight is 581 g/mol. The number of aliphatic carboxylic acids is 1. The molecule has 0 aromatic heterocycles. The third-order valence-electron chi connectivity index (χ3n) is 7.91. The summed E-state index contributed by atoms with van der Waals surface area (Å²) in [6, 6.07) is 7.96. The van der Waals surface area contributed by atoms with Crippen molar-refractivity contribution in [2.24, 2.45) is 16.7 Å². The molecule has 10 nitrogen and oxygen atoms in total. The Balaban J connectivity index is 1.80. The molecule has 0 aliphatic heterocycles. The summed E-state index contributed by atoms with van der Waals surface area (Å²) in [7, 11) is 1.17. The highest BCUT2D eigenvalue weighted by molar-refractivity contribution is 6.35. The van der Waals surface area contributed by atoms with Crippen LogP contribution in [0, 0.1) is 26.9 Å². The second-order valence-electron chi connectivity index (χ2n) is 10.3. The monoisotopic (exact) mass is 580 g/mol. The maximum absolute atomic E-state index is 13.2. The Hall–Kier alpha value is -3.37. The van der Waals surface area contributed by atoms with Crippen molar-refractivity contribution in [2.45, 2.75) is 52.7 Å². The van der Waals surface area contributed by atoms with E-state index in [0.717, 1.165) is 0 Å². The number of carboxylic acids is 1. The van der Waals surface area contributed by atoms with Gasteiger partial charge in [-0.1, -0.05) is 49.2 Å². The molecule has 0 spiro atoms. The standard InChI is InChI=1S/C27H30Cl2N2O8/c1-26(2)17(10-11-27(26,3)25(34)35)23(32)30-20(24(33)38-4)12-15-8-9-22(21(13-15)31(36)37)39-14-16-18(28)6-5-7-19(16)29/h5-9,13,17,20H,10-12,14H2,1-4H3,(H,30,32)(H,34,35)/t17-,20+,27+/m1/s1. The topological polar surface area (TPSA) is 145 Å². The maximum Gasteiger partial charge on any atom is 0.328 e. The van der Waals surface area contributed by atoms with Gasteiger partial charge in [-0.15, -0.1) is 0 Å². The van der Waals surface area contributed by atoms with Crippen LogP contribution in [-0.4, -0.2) is 41.0 Å². The van der Waals surface area contributed by atoms with Crippen LogP contribution in [0.4, 0.5) is 5.69 Å². The molecule has 0 radical (unpaired) electrons. The summed E-state index contributed by atoms with van der Waals surface area (Å²) < 4.78 is 10.5. The molecule has 12 heteroatoms. The van der Waals surface area contributed by atoms with Crippen LogP contribution in [0.3, 0.4) is 0 Å². The number of hydrogen-bond donors (Lipinski definition) is 2. The van der Waals surface area contributed by atoms with Crippen LogP contribution in [0.1, 0.15) is 44.7 Å². The van der Waals surface area contributed by atoms with Crippen molar-refractivity contribution in [3.8, 4) is 5.75 Å². The average Bonchev–Trinajstić information content (AvgIpc) is 3.12. The number of hydrogen-bond acceptors (Lipinski definition) is 7. The second-order valence-corrected chi connectivity index (χ2v) is 11.1. The number of nitrogens with zero attached hydrogens (tertiary/aromatic N) is 1. The number of carbonyl (C=O) groups is 3. The van der Waals surface area contributed by atoms with Crippen LogP contribution >= 0.6 is 23.2 Å². The Morgan fingerprint density at radius 1 is 1.18 bits per heavy atom. The Labute approximate surface area is 235 Å². The van der Waals surface area contributed by atoms with Crippen molar-refractivity contribution in [1.29, 1.82) is 0 Å². The van der Waals surface area contributed by atoms with E-state index in [-0.39, 0.29) is 24.5 Å². The molecule has 2 aromatic carbocycles. The third kappa shape index (κ3) is 6.12. The van der Waals surface area contributed by atoms with Gasteiger partial charge in [-0.25, -0.2) is 4.79 Å². The van der Waals surface area contributed by atoms with Crippen LogP contribution < -0.4 is 10.1 Å². The van der Waals surface area contributed by atoms with E-state index in [1.807, 2.05) is 0 Å². The van der Waals surface area contributed by atoms with Gasteiger partial charge in [-0.2, -0.15) is 0 Å². The minimum atomic E-state index is -1.15. The number of rotatable bonds is 10. The molecule has 0 saturated heterocycles. The zero-order valence-corrected chi connectivity index (χ0v) is 23.5. The van der Waals surface area contributed by atoms with E-state index < -0.39 is 45.6 Å². The zero-order chi connectivity index (χ0) is 29.1. The summed E-state index contributed by atoms with van der Waals surface area (Å²) in [6.45, 7) is 4.96. The zero-order valence-electron chi connectivity index (χ0n) is 22.0. The number of carbonyl (C=O) groups excluding carboxylic acids is 2. The number of nitrogens with one attached hydrogen (secondary N) is 1. The predicted octanol–water partition coefficient (Wildman–Crippen LogP) is 5.21. The number of nitro benzene ring substituents is 1. The fourth-order valence-corrected chi connectivity index (χ4v) is 5.47. The molecule has 2 N–H and O–H groups in total. The molecule has 1 fully saturated rings. The van der Waals surface area contributed by atoms with Crippen LogP contribution in [0.25, 0.3) is 0 Å². The minimum Gasteiger partial charge on any atom is -0.482 e. The van der Waals surface area contributed by atoms with Gasteiger partial charge >= 0.3 is 17.6 Å². The third-order valence-corrected chi connectivity index (χ3v) is 8.62. The molecular formula is C27H30Cl2N2O8. The Morgan fingerprint density at radius 2 is 1.82 bits per heavy atom. The normalized spacial score (nSPS) is 20.6. The smallest absolute Gasteiger partial charge is 0.328 e. The minimum absolute atomic E-state index is 0.0287. The number of benzene rings is 2. The number of carboxylic acid groups (broad SMARTS) is 1. The summed E-state index contributed by atoms with van der Waals surface area (Å²) >= 11 is 12.3. The van der Waals surface area contributed by atoms with Crippen LogP contribution in [0.5, 0.6) is 5.75 Å². The summed E-state index contributed by atoms with van der Waals surface area (Å²) in [4.78, 5) is 48.9. The molecule has 39 heavy (non-hydrogen) atoms. The van der Waals surface area contributed by atoms with Crippen molar-refractivity contribution in [3.05, 3.63) is 67.7 Å². The van der Waals surface area contributed by atoms with Gasteiger partial charge in [-0.05, 0) is 48.9 Å². The summed E-state index contributed by atoms with van der Waals surface area (Å²) in [5.74, 6) is -2.90. The van der Waals surface area contributed by atoms with Crippen molar-refractivity contribution in [2.75, 3.05) is 7.11 Å². The highest BCUT2D eigenvalue weighted by Crippen LogP contribution is 2.56. The van der Waals surface area contributed by atoms with E-state index >= 15 is 0 Å². The molecule has 1 aliphatic rings. The van der Waals surface area contributed by atoms with E-state index in [9.17, 15) is 29.6 Å². The maximum atomic E-state index is 13.2. The Bertz CT molecular complexity index is 1280. The van der Waals surface area contributed by atoms with E-state index in [0.29, 0.717) is 34.0 Å². The first-order valence-corrected chi connectivity index (χ1v) is 12.9. The highest BCUT2D eigenvalue weighted by Gasteiger charge is 2.58. The van der Waals surface area contributed by atoms with Gasteiger partial charge in [0, 0.05) is 34.0 Å². The number of nitro groups is 1. The molecule has 0 heterocycles. The van der Waals surface area contributed by atoms with Gasteiger partial charge in [0.15, 0.2) is 5.75 Å². The second kappa shape index (κ2) is 11.8. The van der Waals surface area contributed by atoms with Crippen molar-refractivity contribution in [3.63, 3.8) is 0 Å². The Morgan fingerprint density at radius 3 is 2.36 bits per heavy atom. The highest BCUT2D eigenvalue weighted by atomic mass is 35.5. The van der Waals surface area contributed by atoms with E-state index in [4.69, 9.17) is 32.7 Å². The lowest BCUT2D eigenvalue weighted by Gasteiger charge is -2.38. The number of esters is 1. The van der Waals surface area contributed by atoms with Crippen LogP contribution in [0.2, 0.25) is 10.0 Å². The van der Waals surface area contributed by atoms with Gasteiger partial charge in [0.25, 0.3) is 0 Å². The van der Waals surface area contributed by atoms with Gasteiger partial charge in [-0.3, -0.25) is 19.7 Å². The molecule has 3 rings (SSSR count). The molecular weight excluding hydrogens is 551 g/mol. The summed E-state index contributed by atoms with van der Waals surface area (Å²) in [5.41, 5.74) is -1.49. The van der Waals surface area contributed by atoms with E-state index in [2.05, 4.69) is 5.32 Å². The quantitative estimate of drug-likeness (QED) is 0.221. The van der Waals surface area contributed by atoms with Crippen LogP contribution in [0.15, 0.2) is 36.4 Å². The van der Waals surface area contributed by atoms with Gasteiger partial charge in [0.1, 0.15) is 12.6 Å². The first-order valence-electron chi connectivity index (χ1n) is 12.2. The number of ether oxygens (including phenoxy) is 2. The molecule has 0 bridgehead atoms. The fourth-order valence-electron chi connectivity index (χ4n) is 4.96. The number of methoxy groups -OCH3 is 1. The van der Waals surface area contributed by atoms with Gasteiger partial charge in [0.2, 0.25) is 5.91 Å². The van der Waals surface area contributed by atoms with Crippen molar-refractivity contribution >= 4 is 46.7 Å². The first-order chi connectivity index (χ1) is 18.2. The molecule has 0 unspecified atom stereocenters. The summed E-state index contributed by atoms with van der Waals surface area (Å²) in [6.07, 6.45) is 0.547. The molecule has 3 atom stereocenters. The Kier molecular flexibility index (Phi) is 9.12.